The summed E-state index contributed by atoms with van der Waals surface area (Å²) in [5.74, 6) is -0.182. The molecule has 0 saturated heterocycles. The molecule has 0 saturated carbocycles. The van der Waals surface area contributed by atoms with E-state index in [9.17, 15) is 4.79 Å². The van der Waals surface area contributed by atoms with E-state index in [1.165, 1.54) is 0 Å². The number of amides is 1. The zero-order valence-electron chi connectivity index (χ0n) is 6.17. The van der Waals surface area contributed by atoms with Gasteiger partial charge in [0.25, 0.3) is 0 Å². The maximum atomic E-state index is 10.1. The third kappa shape index (κ3) is 15.7. The van der Waals surface area contributed by atoms with Crippen LogP contribution in [-0.2, 0) is 29.1 Å². The van der Waals surface area contributed by atoms with Crippen molar-refractivity contribution in [2.45, 2.75) is 32.6 Å². The van der Waals surface area contributed by atoms with Gasteiger partial charge in [-0.05, 0) is 6.42 Å². The average Bonchev–Trinajstić information content (AvgIpc) is 1.92. The molecule has 0 aliphatic rings. The molecule has 0 aromatic rings. The van der Waals surface area contributed by atoms with Gasteiger partial charge >= 0.3 is 24.3 Å². The van der Waals surface area contributed by atoms with Gasteiger partial charge < -0.3 is 5.73 Å². The summed E-state index contributed by atoms with van der Waals surface area (Å²) in [5, 5.41) is 0. The van der Waals surface area contributed by atoms with E-state index in [1.54, 1.807) is 0 Å². The molecular weight excluding hydrogens is 211 g/mol. The summed E-state index contributed by atoms with van der Waals surface area (Å²) in [4.78, 5) is 10.1. The molecule has 4 heteroatoms. The second-order valence-electron chi connectivity index (χ2n) is 1.92. The van der Waals surface area contributed by atoms with E-state index in [4.69, 9.17) is 8.98 Å². The minimum atomic E-state index is -0.182. The van der Waals surface area contributed by atoms with Crippen LogP contribution < -0.4 is 5.73 Å². The Labute approximate surface area is 73.6 Å². The average molecular weight is 224 g/mol. The van der Waals surface area contributed by atoms with Crippen LogP contribution in [0.3, 0.4) is 0 Å². The van der Waals surface area contributed by atoms with Crippen LogP contribution in [0.15, 0.2) is 0 Å². The molecule has 3 nitrogen and oxygen atoms in total. The molecule has 10 heavy (non-hydrogen) atoms. The van der Waals surface area contributed by atoms with Gasteiger partial charge in [0, 0.05) is 6.42 Å². The summed E-state index contributed by atoms with van der Waals surface area (Å²) in [6.45, 7) is 2.10. The Bertz CT molecular complexity index is 87.8. The van der Waals surface area contributed by atoms with Crippen molar-refractivity contribution in [3.05, 3.63) is 0 Å². The fraction of sp³-hybridized carbons (Fsp3) is 0.833. The van der Waals surface area contributed by atoms with E-state index in [-0.39, 0.29) is 5.91 Å². The predicted octanol–water partition coefficient (Wildman–Crippen LogP) is 0.931. The Morgan fingerprint density at radius 2 is 1.90 bits per heavy atom. The minimum absolute atomic E-state index is 0.182. The molecule has 0 rings (SSSR count). The van der Waals surface area contributed by atoms with Crippen LogP contribution >= 0.6 is 0 Å². The first-order chi connectivity index (χ1) is 4.77. The van der Waals surface area contributed by atoms with E-state index >= 15 is 0 Å². The predicted molar refractivity (Wildman–Crippen MR) is 34.0 cm³/mol. The van der Waals surface area contributed by atoms with Gasteiger partial charge in [-0.15, -0.1) is 0 Å². The summed E-state index contributed by atoms with van der Waals surface area (Å²) in [6, 6.07) is 0. The number of hydrogen-bond donors (Lipinski definition) is 1. The van der Waals surface area contributed by atoms with E-state index in [2.05, 4.69) is 6.92 Å². The van der Waals surface area contributed by atoms with E-state index < -0.39 is 0 Å². The van der Waals surface area contributed by atoms with Crippen molar-refractivity contribution in [1.82, 2.24) is 0 Å². The number of carbonyl (C=O) groups excluding carboxylic acids is 1. The molecule has 2 N–H and O–H groups in total. The molecule has 59 valence electrons. The number of carbonyl (C=O) groups is 1. The second kappa shape index (κ2) is 11.8. The molecule has 1 amide bonds. The molecule has 0 aromatic heterocycles. The summed E-state index contributed by atoms with van der Waals surface area (Å²) in [6.07, 6.45) is 3.76. The number of primary amides is 1. The Morgan fingerprint density at radius 1 is 1.40 bits per heavy atom. The fourth-order valence-corrected chi connectivity index (χ4v) is 0.549. The van der Waals surface area contributed by atoms with Crippen molar-refractivity contribution in [1.29, 1.82) is 0 Å². The summed E-state index contributed by atoms with van der Waals surface area (Å²) < 4.78 is 8.30. The summed E-state index contributed by atoms with van der Waals surface area (Å²) in [5.41, 5.74) is 4.89. The molecule has 0 aromatic carbocycles. The van der Waals surface area contributed by atoms with Gasteiger partial charge in [0.05, 0.1) is 0 Å². The number of unbranched alkanes of at least 4 members (excludes halogenated alkanes) is 2. The van der Waals surface area contributed by atoms with Gasteiger partial charge in [0.2, 0.25) is 5.91 Å². The molecule has 0 fully saturated rings. The zero-order valence-corrected chi connectivity index (χ0v) is 8.37. The molecule has 0 atom stereocenters. The molecule has 0 unspecified atom stereocenters. The van der Waals surface area contributed by atoms with Crippen LogP contribution in [0.25, 0.3) is 0 Å². The molecule has 0 aliphatic heterocycles. The first-order valence-electron chi connectivity index (χ1n) is 3.24. The Balaban J connectivity index is 0. The standard InChI is InChI=1S/C6H13NO.Nb.O/c1-2-3-4-5-6(7)8;;/h2-5H2,1H3,(H2,7,8);;. The quantitative estimate of drug-likeness (QED) is 0.570. The molecule has 0 radical (unpaired) electrons. The molecule has 0 spiro atoms. The normalized spacial score (nSPS) is 7.60. The van der Waals surface area contributed by atoms with Crippen LogP contribution in [0, 0.1) is 0 Å². The van der Waals surface area contributed by atoms with Gasteiger partial charge in [-0.25, -0.2) is 0 Å². The molecule has 0 heterocycles. The third-order valence-corrected chi connectivity index (χ3v) is 1.03. The number of hydrogen-bond acceptors (Lipinski definition) is 2. The van der Waals surface area contributed by atoms with Crippen molar-refractivity contribution < 1.29 is 29.1 Å². The topological polar surface area (TPSA) is 60.2 Å². The van der Waals surface area contributed by atoms with E-state index in [1.807, 2.05) is 0 Å². The van der Waals surface area contributed by atoms with Crippen molar-refractivity contribution in [3.63, 3.8) is 0 Å². The Hall–Kier alpha value is 0.0103. The third-order valence-electron chi connectivity index (χ3n) is 1.03. The summed E-state index contributed by atoms with van der Waals surface area (Å²) in [7, 11) is 0. The van der Waals surface area contributed by atoms with Crippen LogP contribution in [0.2, 0.25) is 0 Å². The van der Waals surface area contributed by atoms with Crippen LogP contribution in [0.1, 0.15) is 32.6 Å². The molecule has 0 aliphatic carbocycles. The van der Waals surface area contributed by atoms with E-state index in [0.717, 1.165) is 19.3 Å². The maximum absolute atomic E-state index is 10.1. The molecular formula is C6H13NNbO2. The first-order valence-corrected chi connectivity index (χ1v) is 4.13. The SMILES string of the molecule is CCCCCC(N)=O.[O]=[Nb]. The zero-order chi connectivity index (χ0) is 8.41. The Morgan fingerprint density at radius 3 is 2.20 bits per heavy atom. The fourth-order valence-electron chi connectivity index (χ4n) is 0.549. The molecule has 0 bridgehead atoms. The van der Waals surface area contributed by atoms with Crippen molar-refractivity contribution >= 4 is 5.91 Å². The van der Waals surface area contributed by atoms with Crippen molar-refractivity contribution in [3.8, 4) is 0 Å². The number of nitrogens with two attached hydrogens (primary N) is 1. The first kappa shape index (κ1) is 12.7. The van der Waals surface area contributed by atoms with Crippen LogP contribution in [-0.4, -0.2) is 5.91 Å². The van der Waals surface area contributed by atoms with Gasteiger partial charge in [-0.2, -0.15) is 0 Å². The van der Waals surface area contributed by atoms with Crippen LogP contribution in [0.4, 0.5) is 0 Å². The van der Waals surface area contributed by atoms with Gasteiger partial charge in [-0.1, -0.05) is 19.8 Å². The van der Waals surface area contributed by atoms with Crippen LogP contribution in [0.5, 0.6) is 0 Å². The second-order valence-corrected chi connectivity index (χ2v) is 1.92. The van der Waals surface area contributed by atoms with Gasteiger partial charge in [0.15, 0.2) is 0 Å². The van der Waals surface area contributed by atoms with Crippen molar-refractivity contribution in [2.24, 2.45) is 5.73 Å². The monoisotopic (exact) mass is 224 g/mol. The van der Waals surface area contributed by atoms with Gasteiger partial charge in [0.1, 0.15) is 0 Å². The Kier molecular flexibility index (Phi) is 14.9. The summed E-state index contributed by atoms with van der Waals surface area (Å²) >= 11 is 0.500. The van der Waals surface area contributed by atoms with E-state index in [0.29, 0.717) is 27.5 Å². The van der Waals surface area contributed by atoms with Crippen molar-refractivity contribution in [2.75, 3.05) is 0 Å². The van der Waals surface area contributed by atoms with Gasteiger partial charge in [-0.3, -0.25) is 4.79 Å². The number of rotatable bonds is 4.